The van der Waals surface area contributed by atoms with E-state index in [4.69, 9.17) is 0 Å². The van der Waals surface area contributed by atoms with E-state index >= 15 is 0 Å². The molecule has 0 saturated heterocycles. The number of aromatic nitrogens is 3. The molecule has 7 nitrogen and oxygen atoms in total. The number of hydrogen-bond donors (Lipinski definition) is 1. The molecule has 30 heavy (non-hydrogen) atoms. The summed E-state index contributed by atoms with van der Waals surface area (Å²) in [6, 6.07) is 4.59. The van der Waals surface area contributed by atoms with Crippen LogP contribution in [-0.4, -0.2) is 39.9 Å². The summed E-state index contributed by atoms with van der Waals surface area (Å²) in [7, 11) is -3.52. The molecule has 1 aromatic carbocycles. The number of sulfone groups is 1. The topological polar surface area (TPSA) is 93.4 Å². The molecule has 0 radical (unpaired) electrons. The Hall–Kier alpha value is -2.81. The van der Waals surface area contributed by atoms with Crippen molar-refractivity contribution in [1.29, 1.82) is 0 Å². The lowest BCUT2D eigenvalue weighted by molar-refractivity contribution is -0.113. The van der Waals surface area contributed by atoms with Crippen LogP contribution in [0.15, 0.2) is 30.6 Å². The van der Waals surface area contributed by atoms with E-state index < -0.39 is 26.7 Å². The van der Waals surface area contributed by atoms with Crippen molar-refractivity contribution in [1.82, 2.24) is 14.6 Å². The molecule has 4 rings (SSSR count). The Morgan fingerprint density at radius 1 is 1.27 bits per heavy atom. The molecular formula is C21H23FN4O3S. The van der Waals surface area contributed by atoms with Crippen LogP contribution in [0.5, 0.6) is 0 Å². The molecule has 9 heteroatoms. The maximum atomic E-state index is 13.8. The van der Waals surface area contributed by atoms with E-state index in [-0.39, 0.29) is 11.6 Å². The number of carbonyl (C=O) groups is 1. The molecule has 0 unspecified atom stereocenters. The molecule has 158 valence electrons. The number of amides is 1. The summed E-state index contributed by atoms with van der Waals surface area (Å²) >= 11 is 0. The smallest absolute Gasteiger partial charge is 0.240 e. The predicted molar refractivity (Wildman–Crippen MR) is 113 cm³/mol. The Morgan fingerprint density at radius 2 is 2.00 bits per heavy atom. The molecule has 1 saturated carbocycles. The summed E-state index contributed by atoms with van der Waals surface area (Å²) < 4.78 is 40.4. The Kier molecular flexibility index (Phi) is 5.31. The lowest BCUT2D eigenvalue weighted by Gasteiger charge is -2.11. The van der Waals surface area contributed by atoms with E-state index in [1.54, 1.807) is 31.5 Å². The number of halogens is 1. The Balaban J connectivity index is 1.71. The number of aryl methyl sites for hydroxylation is 2. The highest BCUT2D eigenvalue weighted by atomic mass is 32.2. The highest BCUT2D eigenvalue weighted by Crippen LogP contribution is 2.32. The lowest BCUT2D eigenvalue weighted by atomic mass is 10.0. The van der Waals surface area contributed by atoms with E-state index in [0.29, 0.717) is 35.2 Å². The molecule has 1 fully saturated rings. The quantitative estimate of drug-likeness (QED) is 0.669. The number of nitrogens with zero attached hydrogens (tertiary/aromatic N) is 3. The molecule has 0 spiro atoms. The first kappa shape index (κ1) is 20.5. The van der Waals surface area contributed by atoms with Crippen molar-refractivity contribution in [2.75, 3.05) is 11.1 Å². The molecule has 0 bridgehead atoms. The molecule has 1 aliphatic rings. The third-order valence-corrected chi connectivity index (χ3v) is 7.60. The van der Waals surface area contributed by atoms with E-state index in [9.17, 15) is 17.6 Å². The van der Waals surface area contributed by atoms with Gasteiger partial charge in [0.2, 0.25) is 5.91 Å². The van der Waals surface area contributed by atoms with Crippen molar-refractivity contribution >= 4 is 27.2 Å². The molecule has 1 N–H and O–H groups in total. The summed E-state index contributed by atoms with van der Waals surface area (Å²) in [5.41, 5.74) is 2.95. The van der Waals surface area contributed by atoms with Gasteiger partial charge in [-0.3, -0.25) is 4.79 Å². The average molecular weight is 431 g/mol. The molecular weight excluding hydrogens is 407 g/mol. The average Bonchev–Trinajstić information content (AvgIpc) is 3.31. The van der Waals surface area contributed by atoms with E-state index in [1.165, 1.54) is 10.6 Å². The molecule has 1 amide bonds. The van der Waals surface area contributed by atoms with Gasteiger partial charge in [0.15, 0.2) is 21.3 Å². The standard InChI is InChI=1S/C21H23FN4O3S/c1-13-10-23-21-19(15-7-8-17(22)14(2)9-15)20(25-26(21)11-13)24-18(27)12-30(28,29)16-5-3-4-6-16/h7-11,16H,3-6,12H2,1-2H3,(H,24,25,27). The molecule has 0 aliphatic heterocycles. The van der Waals surface area contributed by atoms with Crippen molar-refractivity contribution in [3.63, 3.8) is 0 Å². The highest BCUT2D eigenvalue weighted by molar-refractivity contribution is 7.92. The van der Waals surface area contributed by atoms with Crippen LogP contribution < -0.4 is 5.32 Å². The van der Waals surface area contributed by atoms with Gasteiger partial charge in [0, 0.05) is 12.4 Å². The summed E-state index contributed by atoms with van der Waals surface area (Å²) in [5, 5.41) is 6.60. The van der Waals surface area contributed by atoms with Crippen molar-refractivity contribution in [2.45, 2.75) is 44.8 Å². The number of hydrogen-bond acceptors (Lipinski definition) is 5. The second-order valence-electron chi connectivity index (χ2n) is 7.85. The van der Waals surface area contributed by atoms with Gasteiger partial charge in [-0.25, -0.2) is 22.3 Å². The van der Waals surface area contributed by atoms with Crippen LogP contribution in [0.1, 0.15) is 36.8 Å². The van der Waals surface area contributed by atoms with Gasteiger partial charge in [-0.2, -0.15) is 0 Å². The van der Waals surface area contributed by atoms with Crippen LogP contribution >= 0.6 is 0 Å². The van der Waals surface area contributed by atoms with Gasteiger partial charge in [-0.05, 0) is 55.5 Å². The maximum Gasteiger partial charge on any atom is 0.240 e. The Bertz CT molecular complexity index is 1230. The van der Waals surface area contributed by atoms with E-state index in [0.717, 1.165) is 18.4 Å². The van der Waals surface area contributed by atoms with Gasteiger partial charge in [0.05, 0.1) is 10.8 Å². The minimum absolute atomic E-state index is 0.200. The normalized spacial score (nSPS) is 15.0. The van der Waals surface area contributed by atoms with Crippen LogP contribution in [0, 0.1) is 19.7 Å². The van der Waals surface area contributed by atoms with Crippen LogP contribution in [0.25, 0.3) is 16.8 Å². The van der Waals surface area contributed by atoms with Crippen LogP contribution in [0.4, 0.5) is 10.2 Å². The van der Waals surface area contributed by atoms with Gasteiger partial charge >= 0.3 is 0 Å². The largest absolute Gasteiger partial charge is 0.308 e. The second kappa shape index (κ2) is 7.79. The monoisotopic (exact) mass is 430 g/mol. The van der Waals surface area contributed by atoms with Gasteiger partial charge in [0.1, 0.15) is 11.6 Å². The van der Waals surface area contributed by atoms with Gasteiger partial charge in [-0.15, -0.1) is 5.10 Å². The SMILES string of the molecule is Cc1cnc2c(-c3ccc(F)c(C)c3)c(NC(=O)CS(=O)(=O)C3CCCC3)nn2c1. The van der Waals surface area contributed by atoms with Crippen molar-refractivity contribution < 1.29 is 17.6 Å². The maximum absolute atomic E-state index is 13.8. The van der Waals surface area contributed by atoms with E-state index in [2.05, 4.69) is 15.4 Å². The lowest BCUT2D eigenvalue weighted by Crippen LogP contribution is -2.29. The van der Waals surface area contributed by atoms with Crippen molar-refractivity contribution in [3.05, 3.63) is 47.5 Å². The van der Waals surface area contributed by atoms with Crippen LogP contribution in [0.3, 0.4) is 0 Å². The summed E-state index contributed by atoms with van der Waals surface area (Å²) in [4.78, 5) is 17.0. The zero-order chi connectivity index (χ0) is 21.5. The third kappa shape index (κ3) is 3.94. The van der Waals surface area contributed by atoms with Crippen molar-refractivity contribution in [2.24, 2.45) is 0 Å². The van der Waals surface area contributed by atoms with Crippen molar-refractivity contribution in [3.8, 4) is 11.1 Å². The van der Waals surface area contributed by atoms with Crippen LogP contribution in [0.2, 0.25) is 0 Å². The summed E-state index contributed by atoms with van der Waals surface area (Å²) in [5.74, 6) is -1.36. The number of fused-ring (bicyclic) bond motifs is 1. The van der Waals surface area contributed by atoms with Gasteiger partial charge in [0.25, 0.3) is 0 Å². The number of nitrogens with one attached hydrogen (secondary N) is 1. The fraction of sp³-hybridized carbons (Fsp3) is 0.381. The fourth-order valence-corrected chi connectivity index (χ4v) is 5.62. The first-order chi connectivity index (χ1) is 14.2. The molecule has 2 heterocycles. The zero-order valence-corrected chi connectivity index (χ0v) is 17.7. The second-order valence-corrected chi connectivity index (χ2v) is 10.1. The number of carbonyl (C=O) groups excluding carboxylic acids is 1. The zero-order valence-electron chi connectivity index (χ0n) is 16.9. The molecule has 3 aromatic rings. The first-order valence-corrected chi connectivity index (χ1v) is 11.6. The highest BCUT2D eigenvalue weighted by Gasteiger charge is 2.31. The number of benzene rings is 1. The molecule has 1 aliphatic carbocycles. The summed E-state index contributed by atoms with van der Waals surface area (Å²) in [6.07, 6.45) is 6.38. The Morgan fingerprint density at radius 3 is 2.70 bits per heavy atom. The third-order valence-electron chi connectivity index (χ3n) is 5.45. The predicted octanol–water partition coefficient (Wildman–Crippen LogP) is 3.45. The first-order valence-electron chi connectivity index (χ1n) is 9.87. The van der Waals surface area contributed by atoms with Crippen LogP contribution in [-0.2, 0) is 14.6 Å². The minimum Gasteiger partial charge on any atom is -0.308 e. The summed E-state index contributed by atoms with van der Waals surface area (Å²) in [6.45, 7) is 3.51. The number of anilines is 1. The molecule has 0 atom stereocenters. The van der Waals surface area contributed by atoms with E-state index in [1.807, 2.05) is 6.92 Å². The minimum atomic E-state index is -3.52. The van der Waals surface area contributed by atoms with Gasteiger partial charge in [-0.1, -0.05) is 18.9 Å². The Labute approximate surface area is 174 Å². The van der Waals surface area contributed by atoms with Gasteiger partial charge < -0.3 is 5.32 Å². The molecule has 2 aromatic heterocycles. The number of rotatable bonds is 5. The fourth-order valence-electron chi connectivity index (χ4n) is 3.90.